The second-order valence-electron chi connectivity index (χ2n) is 5.38. The van der Waals surface area contributed by atoms with E-state index in [0.29, 0.717) is 5.76 Å². The fraction of sp³-hybridized carbons (Fsp3) is 0.412. The van der Waals surface area contributed by atoms with Crippen LogP contribution in [-0.4, -0.2) is 5.11 Å². The third kappa shape index (κ3) is 2.74. The van der Waals surface area contributed by atoms with E-state index >= 15 is 0 Å². The number of hydrogen-bond acceptors (Lipinski definition) is 2. The molecular weight excluding hydrogens is 236 g/mol. The Balaban J connectivity index is 1.78. The van der Waals surface area contributed by atoms with E-state index in [1.165, 1.54) is 37.7 Å². The highest BCUT2D eigenvalue weighted by Gasteiger charge is 2.15. The van der Waals surface area contributed by atoms with Crippen molar-refractivity contribution < 1.29 is 9.52 Å². The van der Waals surface area contributed by atoms with Crippen molar-refractivity contribution in [2.24, 2.45) is 0 Å². The number of aliphatic hydroxyl groups excluding tert-OH is 1. The van der Waals surface area contributed by atoms with Gasteiger partial charge in [0.25, 0.3) is 0 Å². The number of benzene rings is 1. The third-order valence-electron chi connectivity index (χ3n) is 4.09. The molecule has 1 fully saturated rings. The highest BCUT2D eigenvalue weighted by Crippen LogP contribution is 2.33. The van der Waals surface area contributed by atoms with Crippen molar-refractivity contribution in [3.05, 3.63) is 47.7 Å². The van der Waals surface area contributed by atoms with E-state index in [1.807, 2.05) is 12.1 Å². The van der Waals surface area contributed by atoms with Crippen LogP contribution in [-0.2, 0) is 6.61 Å². The molecule has 1 aliphatic carbocycles. The fourth-order valence-electron chi connectivity index (χ4n) is 2.97. The van der Waals surface area contributed by atoms with Crippen LogP contribution in [0.5, 0.6) is 0 Å². The molecule has 2 nitrogen and oxygen atoms in total. The maximum Gasteiger partial charge on any atom is 0.134 e. The van der Waals surface area contributed by atoms with Gasteiger partial charge in [-0.1, -0.05) is 43.5 Å². The summed E-state index contributed by atoms with van der Waals surface area (Å²) in [6, 6.07) is 12.5. The first-order valence-corrected chi connectivity index (χ1v) is 7.17. The van der Waals surface area contributed by atoms with Crippen molar-refractivity contribution in [3.63, 3.8) is 0 Å². The van der Waals surface area contributed by atoms with E-state index in [9.17, 15) is 0 Å². The Bertz CT molecular complexity index is 518. The van der Waals surface area contributed by atoms with Crippen LogP contribution in [0.15, 0.2) is 40.8 Å². The molecule has 0 aliphatic heterocycles. The molecule has 0 unspecified atom stereocenters. The second-order valence-corrected chi connectivity index (χ2v) is 5.38. The van der Waals surface area contributed by atoms with Crippen LogP contribution >= 0.6 is 0 Å². The molecule has 0 atom stereocenters. The quantitative estimate of drug-likeness (QED) is 0.878. The minimum atomic E-state index is -0.0415. The van der Waals surface area contributed by atoms with Gasteiger partial charge < -0.3 is 9.52 Å². The van der Waals surface area contributed by atoms with Crippen molar-refractivity contribution in [3.8, 4) is 11.3 Å². The standard InChI is InChI=1S/C17H20O2/c18-12-16-10-11-17(19-16)15-8-6-14(7-9-15)13-4-2-1-3-5-13/h6-11,13,18H,1-5,12H2. The highest BCUT2D eigenvalue weighted by molar-refractivity contribution is 5.58. The van der Waals surface area contributed by atoms with E-state index in [0.717, 1.165) is 17.2 Å². The molecule has 0 radical (unpaired) electrons. The molecule has 1 aromatic heterocycles. The first kappa shape index (κ1) is 12.5. The zero-order valence-electron chi connectivity index (χ0n) is 11.1. The van der Waals surface area contributed by atoms with E-state index in [4.69, 9.17) is 9.52 Å². The lowest BCUT2D eigenvalue weighted by Crippen LogP contribution is -2.04. The molecule has 1 heterocycles. The van der Waals surface area contributed by atoms with E-state index in [1.54, 1.807) is 0 Å². The average Bonchev–Trinajstić information content (AvgIpc) is 2.97. The van der Waals surface area contributed by atoms with Gasteiger partial charge >= 0.3 is 0 Å². The Kier molecular flexibility index (Phi) is 3.69. The first-order chi connectivity index (χ1) is 9.36. The van der Waals surface area contributed by atoms with Crippen molar-refractivity contribution in [2.75, 3.05) is 0 Å². The smallest absolute Gasteiger partial charge is 0.134 e. The predicted octanol–water partition coefficient (Wildman–Crippen LogP) is 4.49. The van der Waals surface area contributed by atoms with E-state index in [2.05, 4.69) is 24.3 Å². The molecule has 2 heteroatoms. The summed E-state index contributed by atoms with van der Waals surface area (Å²) in [6.07, 6.45) is 6.78. The predicted molar refractivity (Wildman–Crippen MR) is 75.9 cm³/mol. The summed E-state index contributed by atoms with van der Waals surface area (Å²) in [5.41, 5.74) is 2.54. The van der Waals surface area contributed by atoms with Crippen molar-refractivity contribution in [1.82, 2.24) is 0 Å². The average molecular weight is 256 g/mol. The molecule has 1 N–H and O–H groups in total. The number of rotatable bonds is 3. The lowest BCUT2D eigenvalue weighted by molar-refractivity contribution is 0.248. The molecular formula is C17H20O2. The molecule has 3 rings (SSSR count). The van der Waals surface area contributed by atoms with Gasteiger partial charge in [-0.05, 0) is 36.5 Å². The van der Waals surface area contributed by atoms with Crippen LogP contribution in [0, 0.1) is 0 Å². The molecule has 0 spiro atoms. The molecule has 100 valence electrons. The summed E-state index contributed by atoms with van der Waals surface area (Å²) in [7, 11) is 0. The Morgan fingerprint density at radius 1 is 0.947 bits per heavy atom. The van der Waals surface area contributed by atoms with Crippen LogP contribution in [0.3, 0.4) is 0 Å². The van der Waals surface area contributed by atoms with E-state index in [-0.39, 0.29) is 6.61 Å². The molecule has 0 amide bonds. The Hall–Kier alpha value is -1.54. The maximum atomic E-state index is 9.02. The highest BCUT2D eigenvalue weighted by atomic mass is 16.4. The van der Waals surface area contributed by atoms with Crippen molar-refractivity contribution in [1.29, 1.82) is 0 Å². The van der Waals surface area contributed by atoms with Gasteiger partial charge in [-0.3, -0.25) is 0 Å². The molecule has 0 saturated heterocycles. The Morgan fingerprint density at radius 2 is 1.68 bits per heavy atom. The minimum Gasteiger partial charge on any atom is -0.459 e. The lowest BCUT2D eigenvalue weighted by atomic mass is 9.84. The zero-order chi connectivity index (χ0) is 13.1. The summed E-state index contributed by atoms with van der Waals surface area (Å²) in [4.78, 5) is 0. The Labute approximate surface area is 114 Å². The molecule has 19 heavy (non-hydrogen) atoms. The fourth-order valence-corrected chi connectivity index (χ4v) is 2.97. The Morgan fingerprint density at radius 3 is 2.32 bits per heavy atom. The lowest BCUT2D eigenvalue weighted by Gasteiger charge is -2.21. The molecule has 1 saturated carbocycles. The van der Waals surface area contributed by atoms with Gasteiger partial charge in [0.15, 0.2) is 0 Å². The van der Waals surface area contributed by atoms with Gasteiger partial charge in [0.1, 0.15) is 18.1 Å². The van der Waals surface area contributed by atoms with Crippen LogP contribution in [0.4, 0.5) is 0 Å². The number of aliphatic hydroxyl groups is 1. The monoisotopic (exact) mass is 256 g/mol. The molecule has 2 aromatic rings. The third-order valence-corrected chi connectivity index (χ3v) is 4.09. The zero-order valence-corrected chi connectivity index (χ0v) is 11.1. The number of furan rings is 1. The van der Waals surface area contributed by atoms with Crippen molar-refractivity contribution >= 4 is 0 Å². The van der Waals surface area contributed by atoms with Gasteiger partial charge in [-0.25, -0.2) is 0 Å². The summed E-state index contributed by atoms with van der Waals surface area (Å²) >= 11 is 0. The summed E-state index contributed by atoms with van der Waals surface area (Å²) in [5.74, 6) is 2.19. The summed E-state index contributed by atoms with van der Waals surface area (Å²) in [5, 5.41) is 9.02. The van der Waals surface area contributed by atoms with E-state index < -0.39 is 0 Å². The minimum absolute atomic E-state index is 0.0415. The van der Waals surface area contributed by atoms with Crippen molar-refractivity contribution in [2.45, 2.75) is 44.6 Å². The molecule has 1 aliphatic rings. The molecule has 1 aromatic carbocycles. The van der Waals surface area contributed by atoms with Gasteiger partial charge in [0.05, 0.1) is 0 Å². The summed E-state index contributed by atoms with van der Waals surface area (Å²) < 4.78 is 5.55. The second kappa shape index (κ2) is 5.62. The van der Waals surface area contributed by atoms with Crippen LogP contribution in [0.1, 0.15) is 49.3 Å². The van der Waals surface area contributed by atoms with Gasteiger partial charge in [0.2, 0.25) is 0 Å². The SMILES string of the molecule is OCc1ccc(-c2ccc(C3CCCCC3)cc2)o1. The van der Waals surface area contributed by atoms with Gasteiger partial charge in [-0.15, -0.1) is 0 Å². The summed E-state index contributed by atoms with van der Waals surface area (Å²) in [6.45, 7) is -0.0415. The van der Waals surface area contributed by atoms with Gasteiger partial charge in [0, 0.05) is 5.56 Å². The van der Waals surface area contributed by atoms with Crippen LogP contribution in [0.25, 0.3) is 11.3 Å². The maximum absolute atomic E-state index is 9.02. The first-order valence-electron chi connectivity index (χ1n) is 7.17. The molecule has 0 bridgehead atoms. The van der Waals surface area contributed by atoms with Crippen LogP contribution < -0.4 is 0 Å². The number of hydrogen-bond donors (Lipinski definition) is 1. The van der Waals surface area contributed by atoms with Crippen LogP contribution in [0.2, 0.25) is 0 Å². The normalized spacial score (nSPS) is 16.7. The van der Waals surface area contributed by atoms with Gasteiger partial charge in [-0.2, -0.15) is 0 Å². The topological polar surface area (TPSA) is 33.4 Å². The largest absolute Gasteiger partial charge is 0.459 e.